The van der Waals surface area contributed by atoms with Gasteiger partial charge in [-0.1, -0.05) is 17.7 Å². The number of nitrogens with two attached hydrogens (primary N) is 1. The normalized spacial score (nSPS) is 20.3. The lowest BCUT2D eigenvalue weighted by Crippen LogP contribution is -2.31. The van der Waals surface area contributed by atoms with Crippen molar-refractivity contribution in [3.8, 4) is 0 Å². The van der Waals surface area contributed by atoms with Crippen molar-refractivity contribution < 1.29 is 4.79 Å². The number of piperidine rings is 1. The number of carbonyl (C=O) groups is 1. The van der Waals surface area contributed by atoms with Crippen molar-refractivity contribution in [1.29, 1.82) is 0 Å². The highest BCUT2D eigenvalue weighted by Crippen LogP contribution is 2.46. The smallest absolute Gasteiger partial charge is 0.269 e. The molecule has 9 heteroatoms. The van der Waals surface area contributed by atoms with E-state index in [1.165, 1.54) is 6.42 Å². The number of pyridine rings is 1. The minimum Gasteiger partial charge on any atom is -0.377 e. The molecule has 1 amide bonds. The Morgan fingerprint density at radius 1 is 1.25 bits per heavy atom. The Morgan fingerprint density at radius 2 is 1.97 bits per heavy atom. The maximum Gasteiger partial charge on any atom is 0.269 e. The molecule has 3 heterocycles. The molecule has 2 unspecified atom stereocenters. The summed E-state index contributed by atoms with van der Waals surface area (Å²) in [6.45, 7) is 5.81. The zero-order valence-corrected chi connectivity index (χ0v) is 19.0. The monoisotopic (exact) mass is 452 g/mol. The predicted octanol–water partition coefficient (Wildman–Crippen LogP) is 3.02. The maximum atomic E-state index is 13.3. The molecule has 1 aliphatic carbocycles. The van der Waals surface area contributed by atoms with Gasteiger partial charge in [0.1, 0.15) is 5.15 Å². The fourth-order valence-corrected chi connectivity index (χ4v) is 4.91. The number of rotatable bonds is 5. The van der Waals surface area contributed by atoms with E-state index < -0.39 is 5.91 Å². The van der Waals surface area contributed by atoms with Gasteiger partial charge in [0.2, 0.25) is 5.95 Å². The minimum atomic E-state index is -0.668. The molecule has 2 aliphatic rings. The summed E-state index contributed by atoms with van der Waals surface area (Å²) >= 11 is 5.94. The van der Waals surface area contributed by atoms with Crippen LogP contribution < -0.4 is 21.5 Å². The number of hydrogen-bond donors (Lipinski definition) is 2. The van der Waals surface area contributed by atoms with Gasteiger partial charge in [0, 0.05) is 25.7 Å². The zero-order chi connectivity index (χ0) is 22.7. The first-order chi connectivity index (χ1) is 15.2. The summed E-state index contributed by atoms with van der Waals surface area (Å²) in [6, 6.07) is 6.91. The largest absolute Gasteiger partial charge is 0.377 e. The molecule has 5 rings (SSSR count). The van der Waals surface area contributed by atoms with Gasteiger partial charge in [-0.15, -0.1) is 0 Å². The van der Waals surface area contributed by atoms with Gasteiger partial charge in [-0.3, -0.25) is 14.2 Å². The van der Waals surface area contributed by atoms with Crippen LogP contribution >= 0.6 is 11.6 Å². The standard InChI is InChI=1S/C23H25ClN6O2/c1-11-6-15(12(2)26-17-4-5-18(24)27-20(17)21(25)31)19-16(7-11)22(32)29(3)23(28-19)30-9-13-8-14(13)10-30/h4-7,12-14,26H,8-10H2,1-3H3,(H2,25,31)/t12-,13?,14?/m1/s1. The number of nitrogens with one attached hydrogen (secondary N) is 1. The molecule has 166 valence electrons. The van der Waals surface area contributed by atoms with Crippen LogP contribution in [0.3, 0.4) is 0 Å². The molecule has 0 spiro atoms. The highest BCUT2D eigenvalue weighted by atomic mass is 35.5. The number of primary amides is 1. The number of aryl methyl sites for hydroxylation is 1. The topological polar surface area (TPSA) is 106 Å². The van der Waals surface area contributed by atoms with Crippen LogP contribution in [0.15, 0.2) is 29.1 Å². The summed E-state index contributed by atoms with van der Waals surface area (Å²) in [7, 11) is 1.79. The van der Waals surface area contributed by atoms with Crippen molar-refractivity contribution in [2.75, 3.05) is 23.3 Å². The molecule has 3 aromatic rings. The average Bonchev–Trinajstić information content (AvgIpc) is 3.36. The van der Waals surface area contributed by atoms with Crippen molar-refractivity contribution in [2.24, 2.45) is 24.6 Å². The first-order valence-electron chi connectivity index (χ1n) is 10.7. The first kappa shape index (κ1) is 20.8. The highest BCUT2D eigenvalue weighted by molar-refractivity contribution is 6.29. The number of fused-ring (bicyclic) bond motifs is 2. The lowest BCUT2D eigenvalue weighted by Gasteiger charge is -2.24. The SMILES string of the molecule is Cc1cc([C@@H](C)Nc2ccc(Cl)nc2C(N)=O)c2nc(N3CC4CC4C3)n(C)c(=O)c2c1. The summed E-state index contributed by atoms with van der Waals surface area (Å²) in [5.41, 5.74) is 8.47. The van der Waals surface area contributed by atoms with Crippen molar-refractivity contribution >= 4 is 40.0 Å². The van der Waals surface area contributed by atoms with Crippen LogP contribution in [0.4, 0.5) is 11.6 Å². The van der Waals surface area contributed by atoms with Crippen LogP contribution in [-0.4, -0.2) is 33.5 Å². The molecule has 32 heavy (non-hydrogen) atoms. The number of carbonyl (C=O) groups excluding carboxylic acids is 1. The number of aromatic nitrogens is 3. The number of hydrogen-bond acceptors (Lipinski definition) is 6. The minimum absolute atomic E-state index is 0.0614. The van der Waals surface area contributed by atoms with Gasteiger partial charge < -0.3 is 16.0 Å². The molecule has 0 radical (unpaired) electrons. The Balaban J connectivity index is 1.60. The van der Waals surface area contributed by atoms with Crippen LogP contribution in [0.25, 0.3) is 10.9 Å². The van der Waals surface area contributed by atoms with Crippen LogP contribution in [0.1, 0.15) is 41.0 Å². The van der Waals surface area contributed by atoms with Crippen LogP contribution in [0.5, 0.6) is 0 Å². The molecule has 8 nitrogen and oxygen atoms in total. The quantitative estimate of drug-likeness (QED) is 0.576. The predicted molar refractivity (Wildman–Crippen MR) is 125 cm³/mol. The lowest BCUT2D eigenvalue weighted by molar-refractivity contribution is 0.0996. The second-order valence-corrected chi connectivity index (χ2v) is 9.33. The van der Waals surface area contributed by atoms with Gasteiger partial charge >= 0.3 is 0 Å². The summed E-state index contributed by atoms with van der Waals surface area (Å²) in [4.78, 5) is 36.4. The van der Waals surface area contributed by atoms with Gasteiger partial charge in [0.05, 0.1) is 22.6 Å². The molecule has 1 saturated heterocycles. The number of nitrogens with zero attached hydrogens (tertiary/aromatic N) is 4. The Morgan fingerprint density at radius 3 is 2.66 bits per heavy atom. The van der Waals surface area contributed by atoms with Crippen molar-refractivity contribution in [2.45, 2.75) is 26.3 Å². The molecule has 0 bridgehead atoms. The Kier molecular flexibility index (Phi) is 4.85. The second-order valence-electron chi connectivity index (χ2n) is 8.95. The maximum absolute atomic E-state index is 13.3. The average molecular weight is 453 g/mol. The molecule has 3 atom stereocenters. The molecule has 3 N–H and O–H groups in total. The number of halogens is 1. The van der Waals surface area contributed by atoms with E-state index in [9.17, 15) is 9.59 Å². The van der Waals surface area contributed by atoms with E-state index in [1.54, 1.807) is 23.7 Å². The Hall–Kier alpha value is -3.13. The summed E-state index contributed by atoms with van der Waals surface area (Å²) in [6.07, 6.45) is 1.28. The molecule has 1 aliphatic heterocycles. The van der Waals surface area contributed by atoms with Crippen molar-refractivity contribution in [1.82, 2.24) is 14.5 Å². The third-order valence-electron chi connectivity index (χ3n) is 6.53. The third-order valence-corrected chi connectivity index (χ3v) is 6.74. The second kappa shape index (κ2) is 7.48. The molecule has 1 aromatic carbocycles. The Bertz CT molecular complexity index is 1310. The summed E-state index contributed by atoms with van der Waals surface area (Å²) < 4.78 is 1.66. The van der Waals surface area contributed by atoms with E-state index in [0.29, 0.717) is 22.5 Å². The van der Waals surface area contributed by atoms with Crippen molar-refractivity contribution in [3.63, 3.8) is 0 Å². The van der Waals surface area contributed by atoms with Gasteiger partial charge in [0.15, 0.2) is 5.69 Å². The molecule has 1 saturated carbocycles. The van der Waals surface area contributed by atoms with Gasteiger partial charge in [0.25, 0.3) is 11.5 Å². The Labute approximate surface area is 190 Å². The fraction of sp³-hybridized carbons (Fsp3) is 0.391. The van der Waals surface area contributed by atoms with E-state index in [-0.39, 0.29) is 22.4 Å². The molecular formula is C23H25ClN6O2. The van der Waals surface area contributed by atoms with Crippen LogP contribution in [0, 0.1) is 18.8 Å². The van der Waals surface area contributed by atoms with Crippen LogP contribution in [-0.2, 0) is 7.05 Å². The zero-order valence-electron chi connectivity index (χ0n) is 18.2. The van der Waals surface area contributed by atoms with E-state index in [0.717, 1.165) is 36.1 Å². The molecule has 2 fully saturated rings. The summed E-state index contributed by atoms with van der Waals surface area (Å²) in [5.74, 6) is 1.49. The third kappa shape index (κ3) is 3.48. The van der Waals surface area contributed by atoms with Gasteiger partial charge in [-0.05, 0) is 55.9 Å². The molecular weight excluding hydrogens is 428 g/mol. The lowest BCUT2D eigenvalue weighted by atomic mass is 10.0. The summed E-state index contributed by atoms with van der Waals surface area (Å²) in [5, 5.41) is 4.08. The van der Waals surface area contributed by atoms with Gasteiger partial charge in [-0.2, -0.15) is 0 Å². The number of anilines is 2. The van der Waals surface area contributed by atoms with E-state index in [4.69, 9.17) is 22.3 Å². The van der Waals surface area contributed by atoms with E-state index >= 15 is 0 Å². The van der Waals surface area contributed by atoms with E-state index in [2.05, 4.69) is 15.2 Å². The number of benzene rings is 1. The number of amides is 1. The van der Waals surface area contributed by atoms with Crippen LogP contribution in [0.2, 0.25) is 5.15 Å². The van der Waals surface area contributed by atoms with Crippen molar-refractivity contribution in [3.05, 3.63) is 56.6 Å². The molecule has 2 aromatic heterocycles. The fourth-order valence-electron chi connectivity index (χ4n) is 4.77. The first-order valence-corrected chi connectivity index (χ1v) is 11.1. The highest BCUT2D eigenvalue weighted by Gasteiger charge is 2.46. The van der Waals surface area contributed by atoms with Gasteiger partial charge in [-0.25, -0.2) is 9.97 Å². The van der Waals surface area contributed by atoms with E-state index in [1.807, 2.05) is 26.0 Å².